The van der Waals surface area contributed by atoms with E-state index in [-0.39, 0.29) is 35.5 Å². The van der Waals surface area contributed by atoms with E-state index in [1.165, 1.54) is 20.4 Å². The first-order valence-electron chi connectivity index (χ1n) is 8.56. The molecule has 1 aromatic rings. The summed E-state index contributed by atoms with van der Waals surface area (Å²) in [7, 11) is 3.04. The van der Waals surface area contributed by atoms with Gasteiger partial charge in [0.2, 0.25) is 0 Å². The Bertz CT molecular complexity index is 803. The number of allylic oxidation sites excluding steroid dienone is 2. The number of hydrogen-bond donors (Lipinski definition) is 0. The first-order chi connectivity index (χ1) is 12.5. The van der Waals surface area contributed by atoms with E-state index in [1.54, 1.807) is 12.1 Å². The molecule has 4 aliphatic rings. The summed E-state index contributed by atoms with van der Waals surface area (Å²) in [5.74, 6) is 0.301. The fourth-order valence-corrected chi connectivity index (χ4v) is 4.46. The van der Waals surface area contributed by atoms with Gasteiger partial charge < -0.3 is 9.47 Å². The van der Waals surface area contributed by atoms with E-state index < -0.39 is 0 Å². The molecule has 2 bridgehead atoms. The molecule has 136 valence electrons. The van der Waals surface area contributed by atoms with Gasteiger partial charge in [-0.05, 0) is 30.7 Å². The van der Waals surface area contributed by atoms with Crippen LogP contribution in [0.4, 0.5) is 0 Å². The summed E-state index contributed by atoms with van der Waals surface area (Å²) in [6.07, 6.45) is 7.51. The van der Waals surface area contributed by atoms with Crippen LogP contribution in [-0.4, -0.2) is 37.3 Å². The monoisotopic (exact) mass is 374 g/mol. The lowest BCUT2D eigenvalue weighted by atomic mass is 9.63. The third-order valence-electron chi connectivity index (χ3n) is 5.55. The number of carbonyl (C=O) groups excluding carboxylic acids is 2. The highest BCUT2D eigenvalue weighted by atomic mass is 35.5. The number of methoxy groups -OCH3 is 2. The molecule has 1 heterocycles. The SMILES string of the molecule is COc1cc(Cl)c(/C=N\N2C(=O)[C@H]3[C@H](C2=O)[C@H]2C=C[C@H]3CC2)cc1OC. The Morgan fingerprint density at radius 3 is 2.08 bits per heavy atom. The maximum absolute atomic E-state index is 12.7. The van der Waals surface area contributed by atoms with Gasteiger partial charge in [0.1, 0.15) is 0 Å². The van der Waals surface area contributed by atoms with Crippen molar-refractivity contribution in [2.75, 3.05) is 14.2 Å². The largest absolute Gasteiger partial charge is 0.493 e. The number of carbonyl (C=O) groups is 2. The highest BCUT2D eigenvalue weighted by Crippen LogP contribution is 2.49. The van der Waals surface area contributed by atoms with Crippen molar-refractivity contribution in [1.29, 1.82) is 0 Å². The fourth-order valence-electron chi connectivity index (χ4n) is 4.26. The zero-order chi connectivity index (χ0) is 18.4. The number of imide groups is 1. The van der Waals surface area contributed by atoms with Gasteiger partial charge in [0.15, 0.2) is 11.5 Å². The molecule has 3 aliphatic carbocycles. The van der Waals surface area contributed by atoms with Gasteiger partial charge in [0.25, 0.3) is 11.8 Å². The van der Waals surface area contributed by atoms with Crippen LogP contribution < -0.4 is 9.47 Å². The Labute approximate surface area is 156 Å². The van der Waals surface area contributed by atoms with Crippen LogP contribution in [0.1, 0.15) is 18.4 Å². The van der Waals surface area contributed by atoms with Crippen LogP contribution in [0.5, 0.6) is 11.5 Å². The summed E-state index contributed by atoms with van der Waals surface area (Å²) in [5.41, 5.74) is 0.542. The van der Waals surface area contributed by atoms with Crippen molar-refractivity contribution in [3.63, 3.8) is 0 Å². The fraction of sp³-hybridized carbons (Fsp3) is 0.421. The summed E-state index contributed by atoms with van der Waals surface area (Å²) in [5, 5.41) is 5.58. The molecule has 0 spiro atoms. The Kier molecular flexibility index (Phi) is 4.23. The molecule has 1 aromatic carbocycles. The number of amides is 2. The number of hydrogen-bond acceptors (Lipinski definition) is 5. The minimum absolute atomic E-state index is 0.145. The van der Waals surface area contributed by atoms with Gasteiger partial charge >= 0.3 is 0 Å². The average Bonchev–Trinajstić information content (AvgIpc) is 2.94. The predicted octanol–water partition coefficient (Wildman–Crippen LogP) is 2.89. The van der Waals surface area contributed by atoms with Crippen LogP contribution in [0, 0.1) is 23.7 Å². The Morgan fingerprint density at radius 1 is 1.04 bits per heavy atom. The van der Waals surface area contributed by atoms with Crippen LogP contribution in [0.25, 0.3) is 0 Å². The van der Waals surface area contributed by atoms with Gasteiger partial charge in [-0.2, -0.15) is 10.1 Å². The van der Waals surface area contributed by atoms with E-state index in [2.05, 4.69) is 17.3 Å². The number of nitrogens with zero attached hydrogens (tertiary/aromatic N) is 2. The Hall–Kier alpha value is -2.34. The second-order valence-corrected chi connectivity index (χ2v) is 7.21. The van der Waals surface area contributed by atoms with E-state index in [4.69, 9.17) is 21.1 Å². The van der Waals surface area contributed by atoms with Crippen LogP contribution in [0.3, 0.4) is 0 Å². The summed E-state index contributed by atoms with van der Waals surface area (Å²) < 4.78 is 10.5. The van der Waals surface area contributed by atoms with Crippen molar-refractivity contribution in [1.82, 2.24) is 5.01 Å². The number of ether oxygens (including phenoxy) is 2. The second kappa shape index (κ2) is 6.43. The number of hydrazone groups is 1. The molecule has 2 fully saturated rings. The van der Waals surface area contributed by atoms with Crippen molar-refractivity contribution in [2.45, 2.75) is 12.8 Å². The quantitative estimate of drug-likeness (QED) is 0.461. The number of fused-ring (bicyclic) bond motifs is 1. The molecule has 0 radical (unpaired) electrons. The van der Waals surface area contributed by atoms with Crippen molar-refractivity contribution in [3.8, 4) is 11.5 Å². The molecular weight excluding hydrogens is 356 g/mol. The van der Waals surface area contributed by atoms with Crippen molar-refractivity contribution in [2.24, 2.45) is 28.8 Å². The van der Waals surface area contributed by atoms with Crippen LogP contribution in [0.2, 0.25) is 5.02 Å². The van der Waals surface area contributed by atoms with Crippen molar-refractivity contribution in [3.05, 3.63) is 34.9 Å². The Morgan fingerprint density at radius 2 is 1.58 bits per heavy atom. The third kappa shape index (κ3) is 2.51. The lowest BCUT2D eigenvalue weighted by molar-refractivity contribution is -0.140. The topological polar surface area (TPSA) is 68.2 Å². The highest BCUT2D eigenvalue weighted by molar-refractivity contribution is 6.33. The smallest absolute Gasteiger partial charge is 0.254 e. The van der Waals surface area contributed by atoms with E-state index in [0.717, 1.165) is 17.9 Å². The molecule has 0 aromatic heterocycles. The molecular formula is C19H19ClN2O4. The molecule has 0 N–H and O–H groups in total. The highest BCUT2D eigenvalue weighted by Gasteiger charge is 2.56. The first kappa shape index (κ1) is 17.1. The van der Waals surface area contributed by atoms with E-state index in [0.29, 0.717) is 22.1 Å². The molecule has 7 heteroatoms. The molecule has 5 rings (SSSR count). The van der Waals surface area contributed by atoms with E-state index >= 15 is 0 Å². The van der Waals surface area contributed by atoms with Crippen molar-refractivity contribution < 1.29 is 19.1 Å². The number of benzene rings is 1. The van der Waals surface area contributed by atoms with Crippen LogP contribution >= 0.6 is 11.6 Å². The second-order valence-electron chi connectivity index (χ2n) is 6.80. The van der Waals surface area contributed by atoms with Gasteiger partial charge in [-0.15, -0.1) is 0 Å². The molecule has 1 saturated carbocycles. The normalized spacial score (nSPS) is 29.6. The predicted molar refractivity (Wildman–Crippen MR) is 96.3 cm³/mol. The number of halogens is 1. The lowest BCUT2D eigenvalue weighted by Crippen LogP contribution is -2.38. The van der Waals surface area contributed by atoms with Crippen molar-refractivity contribution >= 4 is 29.6 Å². The molecule has 0 unspecified atom stereocenters. The zero-order valence-corrected chi connectivity index (χ0v) is 15.3. The summed E-state index contributed by atoms with van der Waals surface area (Å²) in [6, 6.07) is 3.27. The van der Waals surface area contributed by atoms with E-state index in [9.17, 15) is 9.59 Å². The summed E-state index contributed by atoms with van der Waals surface area (Å²) >= 11 is 6.25. The third-order valence-corrected chi connectivity index (χ3v) is 5.88. The minimum Gasteiger partial charge on any atom is -0.493 e. The van der Waals surface area contributed by atoms with Crippen LogP contribution in [0.15, 0.2) is 29.4 Å². The van der Waals surface area contributed by atoms with Gasteiger partial charge in [0.05, 0.1) is 37.3 Å². The summed E-state index contributed by atoms with van der Waals surface area (Å²) in [6.45, 7) is 0. The van der Waals surface area contributed by atoms with Gasteiger partial charge in [-0.1, -0.05) is 23.8 Å². The molecule has 4 atom stereocenters. The molecule has 2 amide bonds. The molecule has 6 nitrogen and oxygen atoms in total. The van der Waals surface area contributed by atoms with Gasteiger partial charge in [-0.25, -0.2) is 0 Å². The molecule has 26 heavy (non-hydrogen) atoms. The maximum atomic E-state index is 12.7. The maximum Gasteiger partial charge on any atom is 0.254 e. The van der Waals surface area contributed by atoms with Gasteiger partial charge in [-0.3, -0.25) is 9.59 Å². The van der Waals surface area contributed by atoms with Gasteiger partial charge in [0, 0.05) is 11.6 Å². The van der Waals surface area contributed by atoms with E-state index in [1.807, 2.05) is 0 Å². The molecule has 1 saturated heterocycles. The minimum atomic E-state index is -0.274. The Balaban J connectivity index is 1.62. The zero-order valence-electron chi connectivity index (χ0n) is 14.5. The summed E-state index contributed by atoms with van der Waals surface area (Å²) in [4.78, 5) is 25.5. The van der Waals surface area contributed by atoms with Crippen LogP contribution in [-0.2, 0) is 9.59 Å². The standard InChI is InChI=1S/C19H19ClN2O4/c1-25-14-7-12(13(20)8-15(14)26-2)9-21-22-18(23)16-10-3-4-11(6-5-10)17(16)19(22)24/h3-4,7-11,16-17H,5-6H2,1-2H3/b21-9-/t10-,11-,16+,17+/m0/s1. The first-order valence-corrected chi connectivity index (χ1v) is 8.94. The lowest BCUT2D eigenvalue weighted by Gasteiger charge is -2.37. The average molecular weight is 375 g/mol. The molecule has 1 aliphatic heterocycles. The number of rotatable bonds is 4.